The van der Waals surface area contributed by atoms with Crippen molar-refractivity contribution < 1.29 is 24.1 Å². The summed E-state index contributed by atoms with van der Waals surface area (Å²) < 4.78 is 27.8. The zero-order valence-electron chi connectivity index (χ0n) is 20.2. The molecule has 4 rings (SSSR count). The van der Waals surface area contributed by atoms with Crippen molar-refractivity contribution >= 4 is 33.3 Å². The summed E-state index contributed by atoms with van der Waals surface area (Å²) in [6.45, 7) is 6.91. The second kappa shape index (κ2) is 9.16. The number of thiazole rings is 1. The zero-order chi connectivity index (χ0) is 25.7. The minimum absolute atomic E-state index is 0.00121. The first-order valence-electron chi connectivity index (χ1n) is 11.3. The fourth-order valence-corrected chi connectivity index (χ4v) is 5.50. The van der Waals surface area contributed by atoms with E-state index in [0.717, 1.165) is 22.8 Å². The van der Waals surface area contributed by atoms with Crippen LogP contribution in [0, 0.1) is 19.8 Å². The van der Waals surface area contributed by atoms with Crippen molar-refractivity contribution in [1.82, 2.24) is 19.9 Å². The lowest BCUT2D eigenvalue weighted by molar-refractivity contribution is -0.0601. The number of hydrogen-bond acceptors (Lipinski definition) is 10. The molecule has 35 heavy (non-hydrogen) atoms. The predicted octanol–water partition coefficient (Wildman–Crippen LogP) is 3.13. The first-order valence-corrected chi connectivity index (χ1v) is 12.1. The highest BCUT2D eigenvalue weighted by atomic mass is 32.1. The number of anilines is 2. The summed E-state index contributed by atoms with van der Waals surface area (Å²) in [5.74, 6) is -3.25. The van der Waals surface area contributed by atoms with Crippen molar-refractivity contribution in [2.24, 2.45) is 5.92 Å². The van der Waals surface area contributed by atoms with Gasteiger partial charge in [-0.1, -0.05) is 0 Å². The molecule has 0 spiro atoms. The molecule has 9 nitrogen and oxygen atoms in total. The summed E-state index contributed by atoms with van der Waals surface area (Å²) in [6.07, 6.45) is -0.348. The number of pyridine rings is 1. The van der Waals surface area contributed by atoms with Crippen LogP contribution in [0.15, 0.2) is 12.3 Å². The van der Waals surface area contributed by atoms with Crippen LogP contribution in [0.2, 0.25) is 0 Å². The van der Waals surface area contributed by atoms with Gasteiger partial charge < -0.3 is 26.0 Å². The SMILES string of the molecule is Cc1nc(NCC(C)(F)F)nc(N[C@@H]2C[C@H](C(C)(C)O)[C@@H](O)[C@H]2O)c1-c1nc2c(C)nccc2s1. The highest BCUT2D eigenvalue weighted by Crippen LogP contribution is 2.40. The highest BCUT2D eigenvalue weighted by molar-refractivity contribution is 7.21. The van der Waals surface area contributed by atoms with E-state index < -0.39 is 42.2 Å². The quantitative estimate of drug-likeness (QED) is 0.326. The molecular formula is C23H30F2N6O3S. The molecule has 0 aromatic carbocycles. The Morgan fingerprint density at radius 3 is 2.40 bits per heavy atom. The van der Waals surface area contributed by atoms with E-state index in [2.05, 4.69) is 25.6 Å². The third-order valence-electron chi connectivity index (χ3n) is 6.26. The summed E-state index contributed by atoms with van der Waals surface area (Å²) in [6, 6.07) is 1.21. The minimum atomic E-state index is -2.97. The van der Waals surface area contributed by atoms with E-state index in [0.29, 0.717) is 16.3 Å². The van der Waals surface area contributed by atoms with Gasteiger partial charge in [0, 0.05) is 19.0 Å². The number of aliphatic hydroxyl groups is 3. The van der Waals surface area contributed by atoms with E-state index in [9.17, 15) is 24.1 Å². The first-order chi connectivity index (χ1) is 16.2. The van der Waals surface area contributed by atoms with Crippen LogP contribution in [0.4, 0.5) is 20.5 Å². The number of aromatic nitrogens is 4. The lowest BCUT2D eigenvalue weighted by atomic mass is 9.88. The van der Waals surface area contributed by atoms with Crippen molar-refractivity contribution in [2.45, 2.75) is 70.8 Å². The topological polar surface area (TPSA) is 136 Å². The summed E-state index contributed by atoms with van der Waals surface area (Å²) in [4.78, 5) is 17.8. The number of halogens is 2. The number of aliphatic hydroxyl groups excluding tert-OH is 2. The molecular weight excluding hydrogens is 478 g/mol. The standard InChI is InChI=1S/C23H30F2N6O3S/c1-10-15(20-30-16-11(2)26-7-6-14(16)35-20)19(31-21(28-10)27-9-23(5,24)25)29-13-8-12(22(3,4)34)17(32)18(13)33/h6-7,12-13,17-18,32-34H,8-9H2,1-5H3,(H2,27,28,29,31)/t12-,13+,17+,18-/m0/s1. The van der Waals surface area contributed by atoms with Gasteiger partial charge in [-0.3, -0.25) is 4.98 Å². The normalized spacial score (nSPS) is 23.1. The molecule has 1 saturated carbocycles. The van der Waals surface area contributed by atoms with Gasteiger partial charge in [-0.2, -0.15) is 4.98 Å². The molecule has 0 radical (unpaired) electrons. The smallest absolute Gasteiger partial charge is 0.262 e. The molecule has 0 amide bonds. The summed E-state index contributed by atoms with van der Waals surface area (Å²) in [7, 11) is 0. The predicted molar refractivity (Wildman–Crippen MR) is 131 cm³/mol. The van der Waals surface area contributed by atoms with E-state index in [1.165, 1.54) is 11.3 Å². The Kier molecular flexibility index (Phi) is 6.68. The van der Waals surface area contributed by atoms with Gasteiger partial charge in [0.15, 0.2) is 0 Å². The molecule has 0 unspecified atom stereocenters. The number of fused-ring (bicyclic) bond motifs is 1. The van der Waals surface area contributed by atoms with Crippen molar-refractivity contribution in [3.05, 3.63) is 23.7 Å². The van der Waals surface area contributed by atoms with E-state index in [-0.39, 0.29) is 18.2 Å². The molecule has 1 aliphatic carbocycles. The molecule has 190 valence electrons. The number of aryl methyl sites for hydroxylation is 2. The molecule has 12 heteroatoms. The van der Waals surface area contributed by atoms with Gasteiger partial charge in [-0.25, -0.2) is 18.7 Å². The summed E-state index contributed by atoms with van der Waals surface area (Å²) in [5.41, 5.74) is 1.36. The van der Waals surface area contributed by atoms with Crippen LogP contribution < -0.4 is 10.6 Å². The molecule has 4 atom stereocenters. The van der Waals surface area contributed by atoms with E-state index in [1.54, 1.807) is 27.0 Å². The number of hydrogen-bond donors (Lipinski definition) is 5. The molecule has 5 N–H and O–H groups in total. The fraction of sp³-hybridized carbons (Fsp3) is 0.565. The second-order valence-electron chi connectivity index (χ2n) is 9.77. The Balaban J connectivity index is 1.76. The Bertz CT molecular complexity index is 1230. The molecule has 0 saturated heterocycles. The Morgan fingerprint density at radius 1 is 1.09 bits per heavy atom. The number of alkyl halides is 2. The third-order valence-corrected chi connectivity index (χ3v) is 7.30. The first kappa shape index (κ1) is 25.5. The number of nitrogens with one attached hydrogen (secondary N) is 2. The van der Waals surface area contributed by atoms with Gasteiger partial charge in [0.2, 0.25) is 5.95 Å². The molecule has 1 fully saturated rings. The zero-order valence-corrected chi connectivity index (χ0v) is 21.0. The molecule has 1 aliphatic rings. The summed E-state index contributed by atoms with van der Waals surface area (Å²) in [5, 5.41) is 38.0. The Labute approximate surface area is 205 Å². The van der Waals surface area contributed by atoms with Crippen molar-refractivity contribution in [3.8, 4) is 10.6 Å². The Morgan fingerprint density at radius 2 is 1.80 bits per heavy atom. The van der Waals surface area contributed by atoms with Gasteiger partial charge in [-0.15, -0.1) is 11.3 Å². The van der Waals surface area contributed by atoms with Crippen LogP contribution in [0.25, 0.3) is 20.8 Å². The fourth-order valence-electron chi connectivity index (χ4n) is 4.39. The third kappa shape index (κ3) is 5.35. The minimum Gasteiger partial charge on any atom is -0.390 e. The van der Waals surface area contributed by atoms with Crippen LogP contribution in [-0.4, -0.2) is 71.6 Å². The molecule has 0 bridgehead atoms. The highest BCUT2D eigenvalue weighted by Gasteiger charge is 2.48. The maximum Gasteiger partial charge on any atom is 0.262 e. The molecule has 3 heterocycles. The van der Waals surface area contributed by atoms with Gasteiger partial charge in [0.1, 0.15) is 22.4 Å². The monoisotopic (exact) mass is 508 g/mol. The van der Waals surface area contributed by atoms with Gasteiger partial charge in [-0.05, 0) is 40.2 Å². The molecule has 3 aromatic rings. The number of nitrogens with zero attached hydrogens (tertiary/aromatic N) is 4. The molecule has 3 aromatic heterocycles. The maximum atomic E-state index is 13.5. The van der Waals surface area contributed by atoms with E-state index in [4.69, 9.17) is 4.98 Å². The Hall–Kier alpha value is -2.54. The maximum absolute atomic E-state index is 13.5. The van der Waals surface area contributed by atoms with Gasteiger partial charge in [0.05, 0.1) is 45.9 Å². The van der Waals surface area contributed by atoms with Crippen LogP contribution in [0.3, 0.4) is 0 Å². The van der Waals surface area contributed by atoms with Crippen molar-refractivity contribution in [2.75, 3.05) is 17.2 Å². The lowest BCUT2D eigenvalue weighted by Gasteiger charge is -2.28. The average molecular weight is 509 g/mol. The van der Waals surface area contributed by atoms with Crippen molar-refractivity contribution in [3.63, 3.8) is 0 Å². The number of rotatable bonds is 7. The van der Waals surface area contributed by atoms with Crippen molar-refractivity contribution in [1.29, 1.82) is 0 Å². The van der Waals surface area contributed by atoms with Crippen LogP contribution in [0.1, 0.15) is 38.6 Å². The lowest BCUT2D eigenvalue weighted by Crippen LogP contribution is -2.40. The van der Waals surface area contributed by atoms with E-state index in [1.807, 2.05) is 13.0 Å². The van der Waals surface area contributed by atoms with Crippen LogP contribution in [-0.2, 0) is 0 Å². The molecule has 0 aliphatic heterocycles. The van der Waals surface area contributed by atoms with Crippen LogP contribution >= 0.6 is 11.3 Å². The summed E-state index contributed by atoms with van der Waals surface area (Å²) >= 11 is 1.42. The van der Waals surface area contributed by atoms with Crippen LogP contribution in [0.5, 0.6) is 0 Å². The van der Waals surface area contributed by atoms with E-state index >= 15 is 0 Å². The van der Waals surface area contributed by atoms with Gasteiger partial charge >= 0.3 is 0 Å². The van der Waals surface area contributed by atoms with Gasteiger partial charge in [0.25, 0.3) is 5.92 Å². The second-order valence-corrected chi connectivity index (χ2v) is 10.8. The average Bonchev–Trinajstić information content (AvgIpc) is 3.29. The largest absolute Gasteiger partial charge is 0.390 e.